The van der Waals surface area contributed by atoms with Gasteiger partial charge in [0.05, 0.1) is 19.7 Å². The van der Waals surface area contributed by atoms with Gasteiger partial charge in [-0.2, -0.15) is 31.6 Å². The molecule has 0 unspecified atom stereocenters. The van der Waals surface area contributed by atoms with Crippen molar-refractivity contribution in [3.63, 3.8) is 0 Å². The molecular formula is C9H6F6N2O8S4-2. The number of halogens is 6. The molecule has 0 atom stereocenters. The first-order valence-corrected chi connectivity index (χ1v) is 12.7. The van der Waals surface area contributed by atoms with E-state index in [1.165, 1.54) is 0 Å². The lowest BCUT2D eigenvalue weighted by Gasteiger charge is -2.37. The first-order chi connectivity index (χ1) is 12.4. The Balaban J connectivity index is 7.26. The molecule has 0 aromatic carbocycles. The Morgan fingerprint density at radius 1 is 0.828 bits per heavy atom. The maximum absolute atomic E-state index is 14.0. The van der Waals surface area contributed by atoms with Crippen molar-refractivity contribution in [1.29, 1.82) is 5.26 Å². The largest absolute Gasteiger partial charge is 0.762 e. The Bertz CT molecular complexity index is 1190. The fourth-order valence-electron chi connectivity index (χ4n) is 1.56. The molecule has 0 radical (unpaired) electrons. The fraction of sp³-hybridized carbons (Fsp3) is 0.556. The van der Waals surface area contributed by atoms with Gasteiger partial charge in [0.15, 0.2) is 4.91 Å². The van der Waals surface area contributed by atoms with Crippen molar-refractivity contribution in [3.8, 4) is 6.07 Å². The molecule has 0 heterocycles. The van der Waals surface area contributed by atoms with Gasteiger partial charge in [-0.1, -0.05) is 0 Å². The third-order valence-electron chi connectivity index (χ3n) is 2.70. The minimum Gasteiger partial charge on any atom is -0.762 e. The zero-order valence-corrected chi connectivity index (χ0v) is 16.8. The van der Waals surface area contributed by atoms with Crippen LogP contribution in [0.2, 0.25) is 0 Å². The van der Waals surface area contributed by atoms with Gasteiger partial charge in [-0.3, -0.25) is 25.3 Å². The zero-order valence-electron chi connectivity index (χ0n) is 13.6. The molecule has 0 bridgehead atoms. The number of hydrogen-bond acceptors (Lipinski definition) is 9. The minimum absolute atomic E-state index is 0.195. The van der Waals surface area contributed by atoms with E-state index in [0.29, 0.717) is 0 Å². The molecule has 0 spiro atoms. The van der Waals surface area contributed by atoms with E-state index in [9.17, 15) is 60.0 Å². The van der Waals surface area contributed by atoms with Crippen LogP contribution in [-0.2, 0) is 39.3 Å². The summed E-state index contributed by atoms with van der Waals surface area (Å²) in [7, 11) is -26.6. The molecule has 0 saturated carbocycles. The van der Waals surface area contributed by atoms with Gasteiger partial charge in [0.1, 0.15) is 15.9 Å². The molecule has 0 saturated heterocycles. The van der Waals surface area contributed by atoms with Crippen LogP contribution in [0, 0.1) is 15.2 Å². The van der Waals surface area contributed by atoms with Crippen LogP contribution < -0.4 is 0 Å². The van der Waals surface area contributed by atoms with Gasteiger partial charge < -0.3 is 5.41 Å². The second kappa shape index (κ2) is 7.23. The Labute approximate surface area is 160 Å². The number of hydrogen-bond donors (Lipinski definition) is 0. The molecule has 0 amide bonds. The average molecular weight is 512 g/mol. The monoisotopic (exact) mass is 512 g/mol. The van der Waals surface area contributed by atoms with E-state index in [-0.39, 0.29) is 24.5 Å². The third kappa shape index (κ3) is 4.01. The molecule has 168 valence electrons. The van der Waals surface area contributed by atoms with Crippen molar-refractivity contribution in [2.24, 2.45) is 0 Å². The van der Waals surface area contributed by atoms with Gasteiger partial charge in [0.25, 0.3) is 9.84 Å². The second-order valence-electron chi connectivity index (χ2n) is 4.96. The van der Waals surface area contributed by atoms with Crippen LogP contribution in [-0.4, -0.2) is 68.5 Å². The molecule has 0 aliphatic rings. The van der Waals surface area contributed by atoms with Gasteiger partial charge in [-0.25, -0.2) is 14.3 Å². The van der Waals surface area contributed by atoms with Gasteiger partial charge in [-0.05, 0) is 0 Å². The van der Waals surface area contributed by atoms with Crippen molar-refractivity contribution < 1.29 is 60.0 Å². The maximum atomic E-state index is 14.0. The highest BCUT2D eigenvalue weighted by Gasteiger charge is 2.81. The molecule has 0 aromatic heterocycles. The number of alkyl halides is 6. The van der Waals surface area contributed by atoms with Crippen LogP contribution in [0.1, 0.15) is 0 Å². The molecular weight excluding hydrogens is 506 g/mol. The van der Waals surface area contributed by atoms with Crippen LogP contribution in [0.3, 0.4) is 0 Å². The van der Waals surface area contributed by atoms with Crippen LogP contribution in [0.4, 0.5) is 26.3 Å². The molecule has 20 heteroatoms. The first-order valence-electron chi connectivity index (χ1n) is 5.96. The molecule has 0 aromatic rings. The van der Waals surface area contributed by atoms with E-state index in [0.717, 1.165) is 0 Å². The Kier molecular flexibility index (Phi) is 6.81. The standard InChI is InChI=1S/C9H6F6N2O8S4/c1-26(18,19)6(27(2,20)21)29(24,25)9(14,15)7(10,11)8(12,13)28(22,23)5(3-16)4-17/h1-2H3/q-2. The predicted octanol–water partition coefficient (Wildman–Crippen LogP) is -0.180. The van der Waals surface area contributed by atoms with Crippen molar-refractivity contribution in [3.05, 3.63) is 14.2 Å². The summed E-state index contributed by atoms with van der Waals surface area (Å²) in [4.78, 5) is -2.72. The van der Waals surface area contributed by atoms with Crippen molar-refractivity contribution >= 4 is 45.2 Å². The summed E-state index contributed by atoms with van der Waals surface area (Å²) in [5.41, 5.74) is 0. The van der Waals surface area contributed by atoms with Crippen LogP contribution in [0.25, 0.3) is 5.41 Å². The van der Waals surface area contributed by atoms with Crippen LogP contribution in [0.5, 0.6) is 0 Å². The molecule has 0 N–H and O–H groups in total. The molecule has 0 fully saturated rings. The highest BCUT2D eigenvalue weighted by molar-refractivity contribution is 8.28. The number of rotatable bonds is 8. The summed E-state index contributed by atoms with van der Waals surface area (Å²) < 4.78 is 171. The van der Waals surface area contributed by atoms with E-state index in [4.69, 9.17) is 10.7 Å². The van der Waals surface area contributed by atoms with E-state index >= 15 is 0 Å². The third-order valence-corrected chi connectivity index (χ3v) is 11.9. The SMILES string of the molecule is CS(=O)(=O)[C-](S(C)(=O)=O)S(=O)(=O)C(F)(F)C(F)(F)C(F)(F)S(=O)(=O)C(=C=[N-])C#N. The number of sulfone groups is 4. The van der Waals surface area contributed by atoms with E-state index in [1.54, 1.807) is 0 Å². The van der Waals surface area contributed by atoms with Gasteiger partial charge in [0, 0.05) is 16.4 Å². The lowest BCUT2D eigenvalue weighted by molar-refractivity contribution is -0.243. The summed E-state index contributed by atoms with van der Waals surface area (Å²) >= 11 is 0. The van der Waals surface area contributed by atoms with Gasteiger partial charge >= 0.3 is 16.4 Å². The topological polar surface area (TPSA) is 183 Å². The first kappa shape index (κ1) is 27.3. The Morgan fingerprint density at radius 3 is 1.41 bits per heavy atom. The maximum Gasteiger partial charge on any atom is 0.420 e. The van der Waals surface area contributed by atoms with E-state index < -0.39 is 64.6 Å². The van der Waals surface area contributed by atoms with Crippen molar-refractivity contribution in [2.45, 2.75) is 16.4 Å². The molecule has 29 heavy (non-hydrogen) atoms. The Hall–Kier alpha value is -1.68. The highest BCUT2D eigenvalue weighted by Crippen LogP contribution is 2.54. The average Bonchev–Trinajstić information content (AvgIpc) is 2.43. The minimum atomic E-state index is -7.72. The molecule has 0 aliphatic heterocycles. The second-order valence-corrected chi connectivity index (χ2v) is 13.5. The number of nitrogens with zero attached hydrogens (tertiary/aromatic N) is 2. The summed E-state index contributed by atoms with van der Waals surface area (Å²) in [6.45, 7) is 0. The fourth-order valence-corrected chi connectivity index (χ4v) is 9.28. The summed E-state index contributed by atoms with van der Waals surface area (Å²) in [6.07, 6.45) is -0.692. The highest BCUT2D eigenvalue weighted by atomic mass is 32.3. The summed E-state index contributed by atoms with van der Waals surface area (Å²) in [5.74, 6) is -7.36. The molecule has 0 rings (SSSR count). The van der Waals surface area contributed by atoms with Crippen LogP contribution >= 0.6 is 0 Å². The molecule has 10 nitrogen and oxygen atoms in total. The normalized spacial score (nSPS) is 14.9. The molecule has 0 aliphatic carbocycles. The Morgan fingerprint density at radius 2 is 1.17 bits per heavy atom. The quantitative estimate of drug-likeness (QED) is 0.184. The summed E-state index contributed by atoms with van der Waals surface area (Å²) in [6, 6.07) is 0.195. The zero-order chi connectivity index (χ0) is 24.1. The van der Waals surface area contributed by atoms with Gasteiger partial charge in [-0.15, -0.1) is 0 Å². The van der Waals surface area contributed by atoms with Crippen molar-refractivity contribution in [1.82, 2.24) is 0 Å². The smallest absolute Gasteiger partial charge is 0.420 e. The van der Waals surface area contributed by atoms with E-state index in [1.807, 2.05) is 0 Å². The lowest BCUT2D eigenvalue weighted by Crippen LogP contribution is -2.62. The lowest BCUT2D eigenvalue weighted by atomic mass is 10.3. The number of nitriles is 1. The van der Waals surface area contributed by atoms with E-state index in [2.05, 4.69) is 0 Å². The van der Waals surface area contributed by atoms with Crippen LogP contribution in [0.15, 0.2) is 4.91 Å². The van der Waals surface area contributed by atoms with Gasteiger partial charge in [0.2, 0.25) is 0 Å². The predicted molar refractivity (Wildman–Crippen MR) is 83.1 cm³/mol. The summed E-state index contributed by atoms with van der Waals surface area (Å²) in [5, 5.41) is 1.89. The number of allylic oxidation sites excluding steroid dienone is 1. The van der Waals surface area contributed by atoms with Crippen molar-refractivity contribution in [2.75, 3.05) is 12.5 Å².